The highest BCUT2D eigenvalue weighted by Crippen LogP contribution is 2.26. The molecule has 0 aliphatic carbocycles. The highest BCUT2D eigenvalue weighted by Gasteiger charge is 2.19. The molecule has 0 radical (unpaired) electrons. The second kappa shape index (κ2) is 6.31. The number of sulfonamides is 1. The van der Waals surface area contributed by atoms with Gasteiger partial charge in [0.15, 0.2) is 0 Å². The zero-order valence-electron chi connectivity index (χ0n) is 10.0. The number of carbonyl (C=O) groups excluding carboxylic acids is 1. The molecular weight excluding hydrogens is 341 g/mol. The Morgan fingerprint density at radius 1 is 1.42 bits per heavy atom. The van der Waals surface area contributed by atoms with Gasteiger partial charge in [0.05, 0.1) is 10.6 Å². The van der Waals surface area contributed by atoms with Gasteiger partial charge >= 0.3 is 0 Å². The number of rotatable bonds is 5. The smallest absolute Gasteiger partial charge is 0.241 e. The number of anilines is 1. The third kappa shape index (κ3) is 4.44. The van der Waals surface area contributed by atoms with E-state index in [9.17, 15) is 17.6 Å². The van der Waals surface area contributed by atoms with Gasteiger partial charge in [-0.3, -0.25) is 4.79 Å². The first-order valence-corrected chi connectivity index (χ1v) is 7.50. The summed E-state index contributed by atoms with van der Waals surface area (Å²) in [5.74, 6) is -0.963. The zero-order valence-corrected chi connectivity index (χ0v) is 12.4. The molecule has 19 heavy (non-hydrogen) atoms. The van der Waals surface area contributed by atoms with Crippen molar-refractivity contribution >= 4 is 37.5 Å². The molecule has 106 valence electrons. The predicted octanol–water partition coefficient (Wildman–Crippen LogP) is 0.585. The van der Waals surface area contributed by atoms with Crippen molar-refractivity contribution in [1.29, 1.82) is 0 Å². The average molecular weight is 354 g/mol. The molecule has 6 nitrogen and oxygen atoms in total. The van der Waals surface area contributed by atoms with E-state index in [0.717, 1.165) is 12.1 Å². The van der Waals surface area contributed by atoms with E-state index in [-0.39, 0.29) is 34.1 Å². The Kier molecular flexibility index (Phi) is 5.27. The highest BCUT2D eigenvalue weighted by molar-refractivity contribution is 9.10. The lowest BCUT2D eigenvalue weighted by Gasteiger charge is -2.10. The van der Waals surface area contributed by atoms with E-state index in [1.54, 1.807) is 0 Å². The number of benzene rings is 1. The molecule has 1 aromatic carbocycles. The SMILES string of the molecule is CC(=O)NCCNS(=O)(=O)c1cc(N)c(F)cc1Br. The molecule has 1 rings (SSSR count). The summed E-state index contributed by atoms with van der Waals surface area (Å²) in [4.78, 5) is 10.5. The molecule has 0 aliphatic rings. The van der Waals surface area contributed by atoms with Crippen LogP contribution in [0.4, 0.5) is 10.1 Å². The number of halogens is 2. The standard InChI is InChI=1S/C10H13BrFN3O3S/c1-6(16)14-2-3-15-19(17,18)10-5-9(13)8(12)4-7(10)11/h4-5,15H,2-3,13H2,1H3,(H,14,16). The number of nitrogens with two attached hydrogens (primary N) is 1. The van der Waals surface area contributed by atoms with E-state index in [2.05, 4.69) is 26.0 Å². The maximum absolute atomic E-state index is 13.1. The molecule has 0 spiro atoms. The first-order valence-electron chi connectivity index (χ1n) is 5.22. The van der Waals surface area contributed by atoms with Crippen LogP contribution in [0.1, 0.15) is 6.92 Å². The van der Waals surface area contributed by atoms with Crippen LogP contribution in [0.2, 0.25) is 0 Å². The van der Waals surface area contributed by atoms with Gasteiger partial charge < -0.3 is 11.1 Å². The molecular formula is C10H13BrFN3O3S. The van der Waals surface area contributed by atoms with Gasteiger partial charge in [0, 0.05) is 24.5 Å². The summed E-state index contributed by atoms with van der Waals surface area (Å²) in [6, 6.07) is 2.01. The largest absolute Gasteiger partial charge is 0.396 e. The van der Waals surface area contributed by atoms with E-state index in [1.807, 2.05) is 0 Å². The number of nitrogen functional groups attached to an aromatic ring is 1. The maximum Gasteiger partial charge on any atom is 0.241 e. The van der Waals surface area contributed by atoms with Crippen LogP contribution in [-0.2, 0) is 14.8 Å². The molecule has 0 bridgehead atoms. The van der Waals surface area contributed by atoms with E-state index < -0.39 is 15.8 Å². The van der Waals surface area contributed by atoms with Gasteiger partial charge in [0.2, 0.25) is 15.9 Å². The van der Waals surface area contributed by atoms with Crippen molar-refractivity contribution in [3.8, 4) is 0 Å². The Hall–Kier alpha value is -1.19. The van der Waals surface area contributed by atoms with E-state index in [0.29, 0.717) is 0 Å². The van der Waals surface area contributed by atoms with Gasteiger partial charge in [-0.05, 0) is 28.1 Å². The molecule has 0 aliphatic heterocycles. The van der Waals surface area contributed by atoms with Crippen LogP contribution in [0.15, 0.2) is 21.5 Å². The van der Waals surface area contributed by atoms with Crippen LogP contribution in [0.5, 0.6) is 0 Å². The van der Waals surface area contributed by atoms with Crippen molar-refractivity contribution < 1.29 is 17.6 Å². The zero-order chi connectivity index (χ0) is 14.6. The Morgan fingerprint density at radius 2 is 2.05 bits per heavy atom. The van der Waals surface area contributed by atoms with Crippen LogP contribution in [-0.4, -0.2) is 27.4 Å². The van der Waals surface area contributed by atoms with Crippen LogP contribution in [0, 0.1) is 5.82 Å². The molecule has 0 aromatic heterocycles. The van der Waals surface area contributed by atoms with Gasteiger partial charge in [0.25, 0.3) is 0 Å². The topological polar surface area (TPSA) is 101 Å². The quantitative estimate of drug-likeness (QED) is 0.532. The highest BCUT2D eigenvalue weighted by atomic mass is 79.9. The van der Waals surface area contributed by atoms with Gasteiger partial charge in [0.1, 0.15) is 5.82 Å². The number of hydrogen-bond donors (Lipinski definition) is 3. The summed E-state index contributed by atoms with van der Waals surface area (Å²) in [6.45, 7) is 1.50. The minimum Gasteiger partial charge on any atom is -0.396 e. The van der Waals surface area contributed by atoms with Crippen LogP contribution in [0.25, 0.3) is 0 Å². The summed E-state index contributed by atoms with van der Waals surface area (Å²) in [6.07, 6.45) is 0. The van der Waals surface area contributed by atoms with Gasteiger partial charge in [-0.15, -0.1) is 0 Å². The molecule has 0 saturated carbocycles. The third-order valence-corrected chi connectivity index (χ3v) is 4.55. The summed E-state index contributed by atoms with van der Waals surface area (Å²) in [7, 11) is -3.82. The van der Waals surface area contributed by atoms with Gasteiger partial charge in [-0.2, -0.15) is 0 Å². The Labute approximate surface area is 118 Å². The van der Waals surface area contributed by atoms with E-state index in [4.69, 9.17) is 5.73 Å². The van der Waals surface area contributed by atoms with Crippen molar-refractivity contribution in [1.82, 2.24) is 10.0 Å². The normalized spacial score (nSPS) is 11.3. The minimum atomic E-state index is -3.82. The van der Waals surface area contributed by atoms with Crippen molar-refractivity contribution in [2.24, 2.45) is 0 Å². The van der Waals surface area contributed by atoms with E-state index >= 15 is 0 Å². The molecule has 4 N–H and O–H groups in total. The molecule has 0 unspecified atom stereocenters. The van der Waals surface area contributed by atoms with Gasteiger partial charge in [-0.1, -0.05) is 0 Å². The molecule has 0 saturated heterocycles. The summed E-state index contributed by atoms with van der Waals surface area (Å²) < 4.78 is 39.3. The van der Waals surface area contributed by atoms with Crippen molar-refractivity contribution in [3.05, 3.63) is 22.4 Å². The van der Waals surface area contributed by atoms with Gasteiger partial charge in [-0.25, -0.2) is 17.5 Å². The fourth-order valence-corrected chi connectivity index (χ4v) is 3.33. The number of hydrogen-bond acceptors (Lipinski definition) is 4. The lowest BCUT2D eigenvalue weighted by atomic mass is 10.3. The van der Waals surface area contributed by atoms with Crippen LogP contribution in [0.3, 0.4) is 0 Å². The van der Waals surface area contributed by atoms with Crippen LogP contribution < -0.4 is 15.8 Å². The Bertz CT molecular complexity index is 592. The number of nitrogens with one attached hydrogen (secondary N) is 2. The molecule has 1 aromatic rings. The summed E-state index contributed by atoms with van der Waals surface area (Å²) in [5.41, 5.74) is 5.08. The Morgan fingerprint density at radius 3 is 2.63 bits per heavy atom. The third-order valence-electron chi connectivity index (χ3n) is 2.13. The second-order valence-corrected chi connectivity index (χ2v) is 6.27. The molecule has 0 atom stereocenters. The molecule has 9 heteroatoms. The second-order valence-electron chi connectivity index (χ2n) is 3.68. The summed E-state index contributed by atoms with van der Waals surface area (Å²) in [5, 5.41) is 2.44. The Balaban J connectivity index is 2.83. The first kappa shape index (κ1) is 15.9. The lowest BCUT2D eigenvalue weighted by molar-refractivity contribution is -0.118. The first-order chi connectivity index (χ1) is 8.74. The fraction of sp³-hybridized carbons (Fsp3) is 0.300. The minimum absolute atomic E-state index is 0.0195. The molecule has 0 fully saturated rings. The monoisotopic (exact) mass is 353 g/mol. The average Bonchev–Trinajstić information content (AvgIpc) is 2.29. The number of carbonyl (C=O) groups is 1. The van der Waals surface area contributed by atoms with Crippen molar-refractivity contribution in [2.75, 3.05) is 18.8 Å². The van der Waals surface area contributed by atoms with Crippen molar-refractivity contribution in [3.63, 3.8) is 0 Å². The van der Waals surface area contributed by atoms with E-state index in [1.165, 1.54) is 6.92 Å². The van der Waals surface area contributed by atoms with Crippen molar-refractivity contribution in [2.45, 2.75) is 11.8 Å². The maximum atomic E-state index is 13.1. The fourth-order valence-electron chi connectivity index (χ4n) is 1.25. The number of amides is 1. The van der Waals surface area contributed by atoms with Crippen LogP contribution >= 0.6 is 15.9 Å². The molecule has 0 heterocycles. The predicted molar refractivity (Wildman–Crippen MR) is 72.4 cm³/mol. The lowest BCUT2D eigenvalue weighted by Crippen LogP contribution is -2.33. The summed E-state index contributed by atoms with van der Waals surface area (Å²) >= 11 is 2.96. The molecule has 1 amide bonds.